The van der Waals surface area contributed by atoms with Gasteiger partial charge in [0.25, 0.3) is 10.0 Å². The van der Waals surface area contributed by atoms with Gasteiger partial charge >= 0.3 is 0 Å². The molecule has 0 radical (unpaired) electrons. The van der Waals surface area contributed by atoms with Crippen molar-refractivity contribution in [1.82, 2.24) is 10.3 Å². The summed E-state index contributed by atoms with van der Waals surface area (Å²) in [6.45, 7) is 6.51. The Bertz CT molecular complexity index is 941. The van der Waals surface area contributed by atoms with E-state index in [4.69, 9.17) is 4.74 Å². The number of ether oxygens (including phenoxy) is 1. The van der Waals surface area contributed by atoms with Crippen molar-refractivity contribution in [2.75, 3.05) is 11.3 Å². The van der Waals surface area contributed by atoms with Gasteiger partial charge in [0.2, 0.25) is 0 Å². The molecule has 0 spiro atoms. The fourth-order valence-corrected chi connectivity index (χ4v) is 4.07. The Labute approximate surface area is 154 Å². The van der Waals surface area contributed by atoms with Crippen LogP contribution in [0.15, 0.2) is 53.7 Å². The predicted molar refractivity (Wildman–Crippen MR) is 102 cm³/mol. The fraction of sp³-hybridized carbons (Fsp3) is 0.316. The molecule has 0 saturated heterocycles. The summed E-state index contributed by atoms with van der Waals surface area (Å²) in [5, 5.41) is 3.36. The maximum absolute atomic E-state index is 12.9. The Kier molecular flexibility index (Phi) is 4.91. The Morgan fingerprint density at radius 3 is 2.65 bits per heavy atom. The van der Waals surface area contributed by atoms with Crippen molar-refractivity contribution in [3.8, 4) is 5.75 Å². The summed E-state index contributed by atoms with van der Waals surface area (Å²) in [5.74, 6) is 0.517. The SMILES string of the molecule is CCOc1cncc(NS(=O)(=O)c2ccccc2C2=CC(C)(CC)N2)c1. The molecule has 1 aliphatic rings. The zero-order valence-electron chi connectivity index (χ0n) is 15.1. The number of benzene rings is 1. The van der Waals surface area contributed by atoms with Crippen LogP contribution in [0.1, 0.15) is 32.8 Å². The highest BCUT2D eigenvalue weighted by Crippen LogP contribution is 2.34. The highest BCUT2D eigenvalue weighted by Gasteiger charge is 2.32. The number of pyridine rings is 1. The first-order valence-electron chi connectivity index (χ1n) is 8.58. The number of sulfonamides is 1. The quantitative estimate of drug-likeness (QED) is 0.778. The lowest BCUT2D eigenvalue weighted by Crippen LogP contribution is -2.47. The van der Waals surface area contributed by atoms with Crippen LogP contribution in [0.5, 0.6) is 5.75 Å². The molecule has 1 aliphatic heterocycles. The first-order chi connectivity index (χ1) is 12.4. The maximum atomic E-state index is 12.9. The number of nitrogens with one attached hydrogen (secondary N) is 2. The van der Waals surface area contributed by atoms with E-state index in [1.807, 2.05) is 13.0 Å². The molecule has 2 heterocycles. The van der Waals surface area contributed by atoms with Crippen molar-refractivity contribution >= 4 is 21.4 Å². The van der Waals surface area contributed by atoms with Crippen molar-refractivity contribution in [3.05, 3.63) is 54.4 Å². The molecule has 26 heavy (non-hydrogen) atoms. The highest BCUT2D eigenvalue weighted by molar-refractivity contribution is 7.92. The monoisotopic (exact) mass is 373 g/mol. The zero-order valence-corrected chi connectivity index (χ0v) is 15.9. The maximum Gasteiger partial charge on any atom is 0.262 e. The lowest BCUT2D eigenvalue weighted by Gasteiger charge is -2.39. The minimum absolute atomic E-state index is 0.0879. The number of rotatable bonds is 7. The van der Waals surface area contributed by atoms with Crippen LogP contribution in [0.3, 0.4) is 0 Å². The van der Waals surface area contributed by atoms with Gasteiger partial charge in [0.05, 0.1) is 35.1 Å². The second-order valence-electron chi connectivity index (χ2n) is 6.40. The van der Waals surface area contributed by atoms with E-state index in [1.54, 1.807) is 30.5 Å². The van der Waals surface area contributed by atoms with Crippen molar-refractivity contribution in [1.29, 1.82) is 0 Å². The molecule has 0 amide bonds. The molecule has 1 aromatic carbocycles. The topological polar surface area (TPSA) is 80.3 Å². The largest absolute Gasteiger partial charge is 0.492 e. The molecule has 2 aromatic rings. The first-order valence-corrected chi connectivity index (χ1v) is 10.1. The standard InChI is InChI=1S/C19H23N3O3S/c1-4-19(3)11-17(21-19)16-8-6-7-9-18(16)26(23,24)22-14-10-15(25-5-2)13-20-12-14/h6-13,21-22H,4-5H2,1-3H3. The minimum Gasteiger partial charge on any atom is -0.492 e. The highest BCUT2D eigenvalue weighted by atomic mass is 32.2. The van der Waals surface area contributed by atoms with E-state index >= 15 is 0 Å². The third kappa shape index (κ3) is 3.67. The van der Waals surface area contributed by atoms with Gasteiger partial charge < -0.3 is 10.1 Å². The zero-order chi connectivity index (χ0) is 18.8. The number of hydrogen-bond donors (Lipinski definition) is 2. The smallest absolute Gasteiger partial charge is 0.262 e. The van der Waals surface area contributed by atoms with Crippen LogP contribution in [0, 0.1) is 0 Å². The van der Waals surface area contributed by atoms with Gasteiger partial charge in [0, 0.05) is 17.3 Å². The summed E-state index contributed by atoms with van der Waals surface area (Å²) in [6.07, 6.45) is 6.00. The Morgan fingerprint density at radius 1 is 1.23 bits per heavy atom. The van der Waals surface area contributed by atoms with E-state index in [9.17, 15) is 8.42 Å². The Morgan fingerprint density at radius 2 is 1.96 bits per heavy atom. The predicted octanol–water partition coefficient (Wildman–Crippen LogP) is 3.39. The summed E-state index contributed by atoms with van der Waals surface area (Å²) in [5.41, 5.74) is 1.76. The van der Waals surface area contributed by atoms with E-state index in [0.29, 0.717) is 23.6 Å². The molecule has 6 nitrogen and oxygen atoms in total. The first kappa shape index (κ1) is 18.3. The van der Waals surface area contributed by atoms with Crippen molar-refractivity contribution in [2.24, 2.45) is 0 Å². The minimum atomic E-state index is -3.77. The molecule has 1 aromatic heterocycles. The summed E-state index contributed by atoms with van der Waals surface area (Å²) in [7, 11) is -3.77. The van der Waals surface area contributed by atoms with Crippen LogP contribution in [-0.2, 0) is 10.0 Å². The van der Waals surface area contributed by atoms with Crippen LogP contribution < -0.4 is 14.8 Å². The van der Waals surface area contributed by atoms with Gasteiger partial charge in [0.15, 0.2) is 0 Å². The van der Waals surface area contributed by atoms with Gasteiger partial charge in [-0.3, -0.25) is 9.71 Å². The van der Waals surface area contributed by atoms with Gasteiger partial charge in [-0.15, -0.1) is 0 Å². The average molecular weight is 373 g/mol. The molecular formula is C19H23N3O3S. The van der Waals surface area contributed by atoms with Crippen LogP contribution in [0.25, 0.3) is 5.70 Å². The van der Waals surface area contributed by atoms with Crippen molar-refractivity contribution in [3.63, 3.8) is 0 Å². The molecule has 0 aliphatic carbocycles. The molecule has 1 atom stereocenters. The van der Waals surface area contributed by atoms with E-state index in [-0.39, 0.29) is 10.4 Å². The third-order valence-electron chi connectivity index (χ3n) is 4.36. The van der Waals surface area contributed by atoms with Crippen LogP contribution in [-0.4, -0.2) is 25.5 Å². The average Bonchev–Trinajstić information content (AvgIpc) is 2.59. The van der Waals surface area contributed by atoms with E-state index in [1.165, 1.54) is 6.20 Å². The lowest BCUT2D eigenvalue weighted by atomic mass is 9.88. The van der Waals surface area contributed by atoms with Crippen LogP contribution >= 0.6 is 0 Å². The molecular weight excluding hydrogens is 350 g/mol. The number of aromatic nitrogens is 1. The molecule has 0 bridgehead atoms. The third-order valence-corrected chi connectivity index (χ3v) is 5.80. The number of hydrogen-bond acceptors (Lipinski definition) is 5. The van der Waals surface area contributed by atoms with Gasteiger partial charge in [-0.05, 0) is 32.4 Å². The van der Waals surface area contributed by atoms with Crippen LogP contribution in [0.4, 0.5) is 5.69 Å². The van der Waals surface area contributed by atoms with Crippen LogP contribution in [0.2, 0.25) is 0 Å². The van der Waals surface area contributed by atoms with Gasteiger partial charge in [-0.2, -0.15) is 0 Å². The molecule has 0 saturated carbocycles. The lowest BCUT2D eigenvalue weighted by molar-refractivity contribution is 0.339. The summed E-state index contributed by atoms with van der Waals surface area (Å²) >= 11 is 0. The van der Waals surface area contributed by atoms with Gasteiger partial charge in [-0.25, -0.2) is 8.42 Å². The van der Waals surface area contributed by atoms with E-state index in [2.05, 4.69) is 34.9 Å². The second kappa shape index (κ2) is 6.99. The normalized spacial score (nSPS) is 19.1. The van der Waals surface area contributed by atoms with Crippen molar-refractivity contribution < 1.29 is 13.2 Å². The van der Waals surface area contributed by atoms with Gasteiger partial charge in [-0.1, -0.05) is 25.1 Å². The fourth-order valence-electron chi connectivity index (χ4n) is 2.81. The molecule has 0 fully saturated rings. The second-order valence-corrected chi connectivity index (χ2v) is 8.05. The van der Waals surface area contributed by atoms with E-state index < -0.39 is 10.0 Å². The van der Waals surface area contributed by atoms with Gasteiger partial charge in [0.1, 0.15) is 5.75 Å². The Balaban J connectivity index is 1.92. The van der Waals surface area contributed by atoms with Crippen molar-refractivity contribution in [2.45, 2.75) is 37.6 Å². The summed E-state index contributed by atoms with van der Waals surface area (Å²) in [4.78, 5) is 4.24. The number of anilines is 1. The molecule has 7 heteroatoms. The summed E-state index contributed by atoms with van der Waals surface area (Å²) in [6, 6.07) is 8.56. The number of nitrogens with zero attached hydrogens (tertiary/aromatic N) is 1. The molecule has 1 unspecified atom stereocenters. The molecule has 138 valence electrons. The van der Waals surface area contributed by atoms with E-state index in [0.717, 1.165) is 12.1 Å². The summed E-state index contributed by atoms with van der Waals surface area (Å²) < 4.78 is 33.8. The molecule has 2 N–H and O–H groups in total. The Hall–Kier alpha value is -2.54. The molecule has 3 rings (SSSR count).